The van der Waals surface area contributed by atoms with Crippen LogP contribution in [0.4, 0.5) is 0 Å². The highest BCUT2D eigenvalue weighted by atomic mass is 32.2. The lowest BCUT2D eigenvalue weighted by molar-refractivity contribution is 0.260. The zero-order valence-corrected chi connectivity index (χ0v) is 13.4. The second-order valence-corrected chi connectivity index (χ2v) is 8.01. The van der Waals surface area contributed by atoms with Crippen LogP contribution in [-0.4, -0.2) is 32.4 Å². The topological polar surface area (TPSA) is 49.4 Å². The molecule has 4 nitrogen and oxygen atoms in total. The van der Waals surface area contributed by atoms with Crippen LogP contribution in [0.2, 0.25) is 0 Å². The van der Waals surface area contributed by atoms with Gasteiger partial charge in [-0.05, 0) is 43.9 Å². The number of hydrogen-bond acceptors (Lipinski definition) is 3. The van der Waals surface area contributed by atoms with Crippen LogP contribution in [0.3, 0.4) is 0 Å². The summed E-state index contributed by atoms with van der Waals surface area (Å²) in [6.45, 7) is 1.27. The molecular weight excluding hydrogens is 284 g/mol. The Morgan fingerprint density at radius 2 is 1.95 bits per heavy atom. The molecule has 1 saturated heterocycles. The van der Waals surface area contributed by atoms with Gasteiger partial charge < -0.3 is 5.32 Å². The molecule has 5 heteroatoms. The van der Waals surface area contributed by atoms with E-state index in [9.17, 15) is 8.42 Å². The average Bonchev–Trinajstić information content (AvgIpc) is 2.93. The van der Waals surface area contributed by atoms with Gasteiger partial charge in [0.1, 0.15) is 0 Å². The van der Waals surface area contributed by atoms with Crippen LogP contribution in [0.25, 0.3) is 0 Å². The van der Waals surface area contributed by atoms with Gasteiger partial charge >= 0.3 is 0 Å². The van der Waals surface area contributed by atoms with E-state index in [-0.39, 0.29) is 6.04 Å². The van der Waals surface area contributed by atoms with Crippen LogP contribution in [0.15, 0.2) is 29.2 Å². The summed E-state index contributed by atoms with van der Waals surface area (Å²) >= 11 is 0. The van der Waals surface area contributed by atoms with E-state index in [0.717, 1.165) is 24.8 Å². The van der Waals surface area contributed by atoms with Crippen molar-refractivity contribution in [2.75, 3.05) is 13.6 Å². The molecule has 0 bridgehead atoms. The SMILES string of the molecule is CNCc1ccccc1S(=O)(=O)N1CCC2CCCCC21. The first-order chi connectivity index (χ1) is 10.1. The van der Waals surface area contributed by atoms with Crippen molar-refractivity contribution in [3.05, 3.63) is 29.8 Å². The number of nitrogens with zero attached hydrogens (tertiary/aromatic N) is 1. The van der Waals surface area contributed by atoms with E-state index in [4.69, 9.17) is 0 Å². The van der Waals surface area contributed by atoms with E-state index < -0.39 is 10.0 Å². The van der Waals surface area contributed by atoms with Gasteiger partial charge in [-0.25, -0.2) is 8.42 Å². The Bertz CT molecular complexity index is 600. The number of nitrogens with one attached hydrogen (secondary N) is 1. The molecule has 116 valence electrons. The summed E-state index contributed by atoms with van der Waals surface area (Å²) in [6, 6.07) is 7.60. The fourth-order valence-corrected chi connectivity index (χ4v) is 5.83. The normalized spacial score (nSPS) is 26.7. The maximum absolute atomic E-state index is 13.1. The van der Waals surface area contributed by atoms with Crippen LogP contribution in [-0.2, 0) is 16.6 Å². The Labute approximate surface area is 127 Å². The van der Waals surface area contributed by atoms with Crippen LogP contribution in [0, 0.1) is 5.92 Å². The predicted molar refractivity (Wildman–Crippen MR) is 83.5 cm³/mol. The van der Waals surface area contributed by atoms with Crippen molar-refractivity contribution in [3.63, 3.8) is 0 Å². The third-order valence-electron chi connectivity index (χ3n) is 4.89. The summed E-state index contributed by atoms with van der Waals surface area (Å²) in [6.07, 6.45) is 5.65. The van der Waals surface area contributed by atoms with Crippen molar-refractivity contribution in [2.45, 2.75) is 49.6 Å². The van der Waals surface area contributed by atoms with E-state index >= 15 is 0 Å². The third kappa shape index (κ3) is 2.74. The summed E-state index contributed by atoms with van der Waals surface area (Å²) in [4.78, 5) is 0.477. The van der Waals surface area contributed by atoms with Crippen molar-refractivity contribution >= 4 is 10.0 Å². The Balaban J connectivity index is 1.94. The number of rotatable bonds is 4. The fourth-order valence-electron chi connectivity index (χ4n) is 3.88. The lowest BCUT2D eigenvalue weighted by Crippen LogP contribution is -2.39. The summed E-state index contributed by atoms with van der Waals surface area (Å²) in [5.41, 5.74) is 0.860. The molecule has 2 unspecified atom stereocenters. The Morgan fingerprint density at radius 3 is 2.76 bits per heavy atom. The van der Waals surface area contributed by atoms with E-state index in [1.54, 1.807) is 10.4 Å². The molecule has 0 amide bonds. The molecule has 1 aliphatic carbocycles. The number of benzene rings is 1. The van der Waals surface area contributed by atoms with Crippen molar-refractivity contribution in [1.29, 1.82) is 0 Å². The summed E-state index contributed by atoms with van der Waals surface area (Å²) < 4.78 is 27.9. The standard InChI is InChI=1S/C16H24N2O2S/c1-17-12-14-7-3-5-9-16(14)21(19,20)18-11-10-13-6-2-4-8-15(13)18/h3,5,7,9,13,15,17H,2,4,6,8,10-12H2,1H3. The maximum atomic E-state index is 13.1. The van der Waals surface area contributed by atoms with Gasteiger partial charge in [-0.1, -0.05) is 31.0 Å². The molecule has 1 aromatic carbocycles. The summed E-state index contributed by atoms with van der Waals surface area (Å²) in [7, 11) is -1.52. The van der Waals surface area contributed by atoms with Crippen molar-refractivity contribution in [1.82, 2.24) is 9.62 Å². The quantitative estimate of drug-likeness (QED) is 0.929. The first kappa shape index (κ1) is 15.0. The van der Waals surface area contributed by atoms with Gasteiger partial charge in [0, 0.05) is 19.1 Å². The molecule has 21 heavy (non-hydrogen) atoms. The first-order valence-corrected chi connectivity index (χ1v) is 9.33. The highest BCUT2D eigenvalue weighted by Gasteiger charge is 2.42. The van der Waals surface area contributed by atoms with Crippen LogP contribution >= 0.6 is 0 Å². The molecule has 1 heterocycles. The van der Waals surface area contributed by atoms with Gasteiger partial charge in [0.2, 0.25) is 10.0 Å². The van der Waals surface area contributed by atoms with Gasteiger partial charge in [-0.15, -0.1) is 0 Å². The summed E-state index contributed by atoms with van der Waals surface area (Å²) in [5, 5.41) is 3.06. The first-order valence-electron chi connectivity index (χ1n) is 7.89. The molecule has 2 fully saturated rings. The molecule has 0 radical (unpaired) electrons. The molecule has 2 atom stereocenters. The maximum Gasteiger partial charge on any atom is 0.243 e. The lowest BCUT2D eigenvalue weighted by Gasteiger charge is -2.31. The molecule has 0 aromatic heterocycles. The summed E-state index contributed by atoms with van der Waals surface area (Å²) in [5.74, 6) is 0.574. The Kier molecular flexibility index (Phi) is 4.33. The van der Waals surface area contributed by atoms with E-state index in [0.29, 0.717) is 23.9 Å². The zero-order chi connectivity index (χ0) is 14.9. The van der Waals surface area contributed by atoms with Gasteiger partial charge in [0.15, 0.2) is 0 Å². The second kappa shape index (κ2) is 6.07. The third-order valence-corrected chi connectivity index (χ3v) is 6.91. The molecule has 0 spiro atoms. The zero-order valence-electron chi connectivity index (χ0n) is 12.6. The Morgan fingerprint density at radius 1 is 1.19 bits per heavy atom. The van der Waals surface area contributed by atoms with Crippen molar-refractivity contribution in [3.8, 4) is 0 Å². The smallest absolute Gasteiger partial charge is 0.243 e. The lowest BCUT2D eigenvalue weighted by atomic mass is 9.86. The van der Waals surface area contributed by atoms with Gasteiger partial charge in [0.05, 0.1) is 4.90 Å². The van der Waals surface area contributed by atoms with E-state index in [2.05, 4.69) is 5.32 Å². The molecule has 3 rings (SSSR count). The molecule has 1 N–H and O–H groups in total. The Hall–Kier alpha value is -0.910. The van der Waals surface area contributed by atoms with Gasteiger partial charge in [-0.3, -0.25) is 0 Å². The van der Waals surface area contributed by atoms with Crippen LogP contribution in [0.1, 0.15) is 37.7 Å². The minimum absolute atomic E-state index is 0.228. The molecular formula is C16H24N2O2S. The number of sulfonamides is 1. The minimum atomic E-state index is -3.37. The van der Waals surface area contributed by atoms with Gasteiger partial charge in [-0.2, -0.15) is 4.31 Å². The molecule has 1 saturated carbocycles. The molecule has 1 aliphatic heterocycles. The van der Waals surface area contributed by atoms with Crippen LogP contribution < -0.4 is 5.32 Å². The number of fused-ring (bicyclic) bond motifs is 1. The highest BCUT2D eigenvalue weighted by Crippen LogP contribution is 2.39. The monoisotopic (exact) mass is 308 g/mol. The molecule has 1 aromatic rings. The highest BCUT2D eigenvalue weighted by molar-refractivity contribution is 7.89. The van der Waals surface area contributed by atoms with Gasteiger partial charge in [0.25, 0.3) is 0 Å². The second-order valence-electron chi connectivity index (χ2n) is 6.15. The van der Waals surface area contributed by atoms with Crippen molar-refractivity contribution in [2.24, 2.45) is 5.92 Å². The minimum Gasteiger partial charge on any atom is -0.316 e. The fraction of sp³-hybridized carbons (Fsp3) is 0.625. The van der Waals surface area contributed by atoms with E-state index in [1.165, 1.54) is 12.8 Å². The number of hydrogen-bond donors (Lipinski definition) is 1. The van der Waals surface area contributed by atoms with Crippen LogP contribution in [0.5, 0.6) is 0 Å². The van der Waals surface area contributed by atoms with Crippen molar-refractivity contribution < 1.29 is 8.42 Å². The molecule has 2 aliphatic rings. The predicted octanol–water partition coefficient (Wildman–Crippen LogP) is 2.36. The average molecular weight is 308 g/mol. The largest absolute Gasteiger partial charge is 0.316 e. The van der Waals surface area contributed by atoms with E-state index in [1.807, 2.05) is 25.2 Å².